The number of hydrogen-bond donors (Lipinski definition) is 1. The van der Waals surface area contributed by atoms with Crippen molar-refractivity contribution in [3.8, 4) is 5.75 Å². The fourth-order valence-corrected chi connectivity index (χ4v) is 2.93. The van der Waals surface area contributed by atoms with Gasteiger partial charge in [0.15, 0.2) is 5.17 Å². The molecule has 0 aromatic heterocycles. The molecule has 7 heteroatoms. The van der Waals surface area contributed by atoms with E-state index in [1.54, 1.807) is 31.5 Å². The second-order valence-corrected chi connectivity index (χ2v) is 6.51. The third kappa shape index (κ3) is 4.71. The number of hydrogen-bond acceptors (Lipinski definition) is 5. The molecule has 2 aromatic rings. The van der Waals surface area contributed by atoms with E-state index in [4.69, 9.17) is 16.3 Å². The summed E-state index contributed by atoms with van der Waals surface area (Å²) in [6.07, 6.45) is 3.39. The molecule has 1 saturated heterocycles. The lowest BCUT2D eigenvalue weighted by molar-refractivity contribution is -0.115. The van der Waals surface area contributed by atoms with Crippen LogP contribution in [0.2, 0.25) is 5.02 Å². The van der Waals surface area contributed by atoms with Crippen LogP contribution in [0.3, 0.4) is 0 Å². The molecule has 1 aliphatic heterocycles. The largest absolute Gasteiger partial charge is 0.497 e. The van der Waals surface area contributed by atoms with Gasteiger partial charge in [-0.25, -0.2) is 0 Å². The summed E-state index contributed by atoms with van der Waals surface area (Å²) < 4.78 is 5.12. The number of ether oxygens (including phenoxy) is 1. The number of carbonyl (C=O) groups is 1. The van der Waals surface area contributed by atoms with E-state index < -0.39 is 0 Å². The summed E-state index contributed by atoms with van der Waals surface area (Å²) in [5.41, 5.74) is 1.78. The normalized spacial score (nSPS) is 17.4. The van der Waals surface area contributed by atoms with Crippen molar-refractivity contribution in [1.82, 2.24) is 5.32 Å². The van der Waals surface area contributed by atoms with Gasteiger partial charge in [0, 0.05) is 5.02 Å². The molecule has 1 N–H and O–H groups in total. The second kappa shape index (κ2) is 8.00. The number of halogens is 1. The van der Waals surface area contributed by atoms with Crippen LogP contribution in [0.5, 0.6) is 5.75 Å². The van der Waals surface area contributed by atoms with Crippen LogP contribution in [0.4, 0.5) is 0 Å². The Labute approximate surface area is 154 Å². The van der Waals surface area contributed by atoms with Crippen molar-refractivity contribution in [3.05, 3.63) is 69.6 Å². The Morgan fingerprint density at radius 1 is 1.08 bits per heavy atom. The summed E-state index contributed by atoms with van der Waals surface area (Å²) in [4.78, 5) is 12.6. The number of nitrogens with zero attached hydrogens (tertiary/aromatic N) is 2. The summed E-state index contributed by atoms with van der Waals surface area (Å²) in [7, 11) is 1.61. The predicted octanol–water partition coefficient (Wildman–Crippen LogP) is 3.94. The first-order valence-electron chi connectivity index (χ1n) is 7.35. The third-order valence-electron chi connectivity index (χ3n) is 3.29. The molecule has 0 bridgehead atoms. The van der Waals surface area contributed by atoms with Crippen molar-refractivity contribution >= 4 is 46.7 Å². The molecule has 1 heterocycles. The van der Waals surface area contributed by atoms with Gasteiger partial charge in [-0.15, -0.1) is 5.10 Å². The Hall–Kier alpha value is -2.57. The molecule has 0 spiro atoms. The average Bonchev–Trinajstić information content (AvgIpc) is 2.97. The Bertz CT molecular complexity index is 859. The molecule has 0 aliphatic carbocycles. The summed E-state index contributed by atoms with van der Waals surface area (Å²) >= 11 is 7.07. The molecule has 0 radical (unpaired) electrons. The van der Waals surface area contributed by atoms with Crippen LogP contribution in [0.1, 0.15) is 11.1 Å². The standard InChI is InChI=1S/C18H14ClN3O2S/c1-24-15-8-4-12(5-9-15)10-16-17(23)21-18(25-16)22-20-11-13-2-6-14(19)7-3-13/h2-11H,1H3,(H,21,22,23)/b16-10-,20-11+. The van der Waals surface area contributed by atoms with E-state index in [1.165, 1.54) is 11.8 Å². The van der Waals surface area contributed by atoms with E-state index in [0.717, 1.165) is 16.9 Å². The lowest BCUT2D eigenvalue weighted by atomic mass is 10.2. The maximum absolute atomic E-state index is 12.0. The molecular formula is C18H14ClN3O2S. The number of carbonyl (C=O) groups excluding carboxylic acids is 1. The number of nitrogens with one attached hydrogen (secondary N) is 1. The number of amidine groups is 1. The second-order valence-electron chi connectivity index (χ2n) is 5.04. The Balaban J connectivity index is 1.68. The SMILES string of the molecule is COc1ccc(/C=C2\S/C(=N/N=C/c3ccc(Cl)cc3)NC2=O)cc1. The van der Waals surface area contributed by atoms with E-state index in [2.05, 4.69) is 15.5 Å². The van der Waals surface area contributed by atoms with E-state index in [0.29, 0.717) is 15.1 Å². The zero-order valence-electron chi connectivity index (χ0n) is 13.3. The van der Waals surface area contributed by atoms with Gasteiger partial charge in [0.2, 0.25) is 0 Å². The van der Waals surface area contributed by atoms with Crippen LogP contribution in [0.25, 0.3) is 6.08 Å². The molecule has 0 unspecified atom stereocenters. The zero-order valence-corrected chi connectivity index (χ0v) is 14.8. The minimum atomic E-state index is -0.193. The average molecular weight is 372 g/mol. The number of benzene rings is 2. The van der Waals surface area contributed by atoms with Gasteiger partial charge in [-0.05, 0) is 53.2 Å². The molecule has 0 saturated carbocycles. The van der Waals surface area contributed by atoms with Gasteiger partial charge in [-0.3, -0.25) is 10.1 Å². The van der Waals surface area contributed by atoms with Crippen molar-refractivity contribution in [1.29, 1.82) is 0 Å². The number of methoxy groups -OCH3 is 1. The van der Waals surface area contributed by atoms with Crippen LogP contribution in [0, 0.1) is 0 Å². The number of thioether (sulfide) groups is 1. The van der Waals surface area contributed by atoms with Gasteiger partial charge in [0.25, 0.3) is 5.91 Å². The van der Waals surface area contributed by atoms with Gasteiger partial charge in [0.1, 0.15) is 5.75 Å². The van der Waals surface area contributed by atoms with E-state index in [-0.39, 0.29) is 5.91 Å². The van der Waals surface area contributed by atoms with Crippen molar-refractivity contribution in [2.24, 2.45) is 10.2 Å². The van der Waals surface area contributed by atoms with Gasteiger partial charge in [0.05, 0.1) is 18.2 Å². The highest BCUT2D eigenvalue weighted by Gasteiger charge is 2.23. The first-order valence-corrected chi connectivity index (χ1v) is 8.55. The number of rotatable bonds is 4. The maximum atomic E-state index is 12.0. The summed E-state index contributed by atoms with van der Waals surface area (Å²) in [6.45, 7) is 0. The van der Waals surface area contributed by atoms with Gasteiger partial charge >= 0.3 is 0 Å². The van der Waals surface area contributed by atoms with E-state index in [1.807, 2.05) is 36.4 Å². The predicted molar refractivity (Wildman–Crippen MR) is 103 cm³/mol. The molecule has 1 aliphatic rings. The molecule has 0 atom stereocenters. The van der Waals surface area contributed by atoms with Crippen molar-refractivity contribution in [3.63, 3.8) is 0 Å². The van der Waals surface area contributed by atoms with Gasteiger partial charge in [-0.1, -0.05) is 35.9 Å². The van der Waals surface area contributed by atoms with Crippen molar-refractivity contribution < 1.29 is 9.53 Å². The quantitative estimate of drug-likeness (QED) is 0.503. The topological polar surface area (TPSA) is 63.1 Å². The highest BCUT2D eigenvalue weighted by Crippen LogP contribution is 2.26. The molecule has 25 heavy (non-hydrogen) atoms. The molecule has 1 fully saturated rings. The lowest BCUT2D eigenvalue weighted by Gasteiger charge is -1.99. The van der Waals surface area contributed by atoms with Crippen LogP contribution < -0.4 is 10.1 Å². The van der Waals surface area contributed by atoms with Crippen molar-refractivity contribution in [2.75, 3.05) is 7.11 Å². The first kappa shape index (κ1) is 17.3. The summed E-state index contributed by atoms with van der Waals surface area (Å²) in [6, 6.07) is 14.7. The third-order valence-corrected chi connectivity index (χ3v) is 4.44. The Morgan fingerprint density at radius 3 is 2.44 bits per heavy atom. The fraction of sp³-hybridized carbons (Fsp3) is 0.0556. The number of amides is 1. The van der Waals surface area contributed by atoms with Crippen LogP contribution in [-0.2, 0) is 4.79 Å². The Kier molecular flexibility index (Phi) is 5.53. The van der Waals surface area contributed by atoms with E-state index >= 15 is 0 Å². The minimum Gasteiger partial charge on any atom is -0.497 e. The molecule has 2 aromatic carbocycles. The Morgan fingerprint density at radius 2 is 1.76 bits per heavy atom. The monoisotopic (exact) mass is 371 g/mol. The van der Waals surface area contributed by atoms with Gasteiger partial charge < -0.3 is 4.74 Å². The first-order chi connectivity index (χ1) is 12.1. The van der Waals surface area contributed by atoms with Crippen LogP contribution in [0.15, 0.2) is 63.6 Å². The molecule has 5 nitrogen and oxygen atoms in total. The molecule has 3 rings (SSSR count). The van der Waals surface area contributed by atoms with Gasteiger partial charge in [-0.2, -0.15) is 5.10 Å². The smallest absolute Gasteiger partial charge is 0.264 e. The zero-order chi connectivity index (χ0) is 17.6. The van der Waals surface area contributed by atoms with Crippen LogP contribution >= 0.6 is 23.4 Å². The summed E-state index contributed by atoms with van der Waals surface area (Å²) in [5, 5.41) is 11.8. The molecule has 1 amide bonds. The highest BCUT2D eigenvalue weighted by molar-refractivity contribution is 8.18. The lowest BCUT2D eigenvalue weighted by Crippen LogP contribution is -2.19. The molecule has 126 valence electrons. The van der Waals surface area contributed by atoms with Crippen LogP contribution in [-0.4, -0.2) is 24.4 Å². The fourth-order valence-electron chi connectivity index (χ4n) is 2.02. The van der Waals surface area contributed by atoms with Crippen molar-refractivity contribution in [2.45, 2.75) is 0 Å². The summed E-state index contributed by atoms with van der Waals surface area (Å²) in [5.74, 6) is 0.575. The van der Waals surface area contributed by atoms with E-state index in [9.17, 15) is 4.79 Å². The maximum Gasteiger partial charge on any atom is 0.264 e. The highest BCUT2D eigenvalue weighted by atomic mass is 35.5. The molecular weight excluding hydrogens is 358 g/mol. The minimum absolute atomic E-state index is 0.193.